The van der Waals surface area contributed by atoms with Crippen LogP contribution in [0.3, 0.4) is 0 Å². The summed E-state index contributed by atoms with van der Waals surface area (Å²) in [5.74, 6) is 0.942. The van der Waals surface area contributed by atoms with Crippen molar-refractivity contribution in [1.29, 1.82) is 0 Å². The molecule has 0 unspecified atom stereocenters. The second kappa shape index (κ2) is 8.08. The van der Waals surface area contributed by atoms with Gasteiger partial charge in [0.15, 0.2) is 5.96 Å². The van der Waals surface area contributed by atoms with E-state index in [0.29, 0.717) is 6.54 Å². The number of nitrogens with zero attached hydrogens (tertiary/aromatic N) is 4. The van der Waals surface area contributed by atoms with Crippen molar-refractivity contribution < 1.29 is 0 Å². The van der Waals surface area contributed by atoms with Crippen molar-refractivity contribution in [3.05, 3.63) is 72.6 Å². The first kappa shape index (κ1) is 17.3. The second-order valence-electron chi connectivity index (χ2n) is 6.69. The van der Waals surface area contributed by atoms with Crippen LogP contribution in [0, 0.1) is 0 Å². The van der Waals surface area contributed by atoms with Gasteiger partial charge in [-0.1, -0.05) is 42.5 Å². The number of benzene rings is 2. The Morgan fingerprint density at radius 3 is 2.48 bits per heavy atom. The predicted octanol–water partition coefficient (Wildman–Crippen LogP) is 3.13. The maximum atomic E-state index is 4.57. The van der Waals surface area contributed by atoms with Crippen molar-refractivity contribution in [2.75, 3.05) is 38.1 Å². The van der Waals surface area contributed by atoms with Crippen LogP contribution in [-0.2, 0) is 6.54 Å². The molecule has 2 aromatic carbocycles. The number of aromatic nitrogens is 1. The standard InChI is InChI=1S/C22H25N5/c1-23-22(25-17-21-20-10-6-5-7-18(20)11-12-24-21)27-15-13-26(14-16-27)19-8-3-2-4-9-19/h2-12H,13-17H2,1H3,(H,23,25). The van der Waals surface area contributed by atoms with E-state index >= 15 is 0 Å². The Labute approximate surface area is 160 Å². The number of pyridine rings is 1. The Hall–Kier alpha value is -3.08. The minimum absolute atomic E-state index is 0.674. The Kier molecular flexibility index (Phi) is 5.19. The molecule has 4 rings (SSSR count). The molecule has 0 radical (unpaired) electrons. The summed E-state index contributed by atoms with van der Waals surface area (Å²) in [5.41, 5.74) is 2.34. The highest BCUT2D eigenvalue weighted by Gasteiger charge is 2.19. The van der Waals surface area contributed by atoms with Crippen molar-refractivity contribution >= 4 is 22.4 Å². The average Bonchev–Trinajstić information content (AvgIpc) is 2.75. The summed E-state index contributed by atoms with van der Waals surface area (Å²) in [6, 6.07) is 21.0. The number of piperazine rings is 1. The number of anilines is 1. The van der Waals surface area contributed by atoms with Gasteiger partial charge in [0.25, 0.3) is 0 Å². The molecule has 1 fully saturated rings. The number of rotatable bonds is 3. The van der Waals surface area contributed by atoms with Crippen LogP contribution in [-0.4, -0.2) is 49.1 Å². The first-order valence-electron chi connectivity index (χ1n) is 9.43. The van der Waals surface area contributed by atoms with Gasteiger partial charge >= 0.3 is 0 Å². The molecule has 0 amide bonds. The Bertz CT molecular complexity index is 909. The van der Waals surface area contributed by atoms with Gasteiger partial charge in [-0.2, -0.15) is 0 Å². The first-order valence-corrected chi connectivity index (χ1v) is 9.43. The summed E-state index contributed by atoms with van der Waals surface area (Å²) in [5, 5.41) is 5.91. The summed E-state index contributed by atoms with van der Waals surface area (Å²) in [6.45, 7) is 4.58. The van der Waals surface area contributed by atoms with Gasteiger partial charge in [0.1, 0.15) is 0 Å². The van der Waals surface area contributed by atoms with Crippen molar-refractivity contribution in [3.63, 3.8) is 0 Å². The van der Waals surface area contributed by atoms with E-state index in [1.807, 2.05) is 13.2 Å². The number of nitrogens with one attached hydrogen (secondary N) is 1. The third-order valence-corrected chi connectivity index (χ3v) is 5.08. The molecule has 0 spiro atoms. The molecular weight excluding hydrogens is 334 g/mol. The Balaban J connectivity index is 1.39. The summed E-state index contributed by atoms with van der Waals surface area (Å²) >= 11 is 0. The van der Waals surface area contributed by atoms with Crippen molar-refractivity contribution in [2.24, 2.45) is 4.99 Å². The number of hydrogen-bond acceptors (Lipinski definition) is 3. The molecule has 0 atom stereocenters. The van der Waals surface area contributed by atoms with Gasteiger partial charge in [-0.05, 0) is 23.6 Å². The lowest BCUT2D eigenvalue weighted by molar-refractivity contribution is 0.372. The van der Waals surface area contributed by atoms with Crippen molar-refractivity contribution in [1.82, 2.24) is 15.2 Å². The zero-order chi connectivity index (χ0) is 18.5. The lowest BCUT2D eigenvalue weighted by atomic mass is 10.1. The van der Waals surface area contributed by atoms with Crippen molar-refractivity contribution in [2.45, 2.75) is 6.54 Å². The second-order valence-corrected chi connectivity index (χ2v) is 6.69. The smallest absolute Gasteiger partial charge is 0.194 e. The zero-order valence-corrected chi connectivity index (χ0v) is 15.7. The molecule has 0 saturated carbocycles. The molecule has 1 saturated heterocycles. The number of para-hydroxylation sites is 1. The highest BCUT2D eigenvalue weighted by atomic mass is 15.3. The minimum Gasteiger partial charge on any atom is -0.368 e. The van der Waals surface area contributed by atoms with Gasteiger partial charge in [-0.3, -0.25) is 9.98 Å². The summed E-state index contributed by atoms with van der Waals surface area (Å²) in [6.07, 6.45) is 1.88. The van der Waals surface area contributed by atoms with E-state index in [0.717, 1.165) is 37.8 Å². The van der Waals surface area contributed by atoms with Gasteiger partial charge < -0.3 is 15.1 Å². The van der Waals surface area contributed by atoms with Crippen LogP contribution in [0.15, 0.2) is 71.9 Å². The van der Waals surface area contributed by atoms with Crippen LogP contribution in [0.5, 0.6) is 0 Å². The fourth-order valence-electron chi connectivity index (χ4n) is 3.63. The summed E-state index contributed by atoms with van der Waals surface area (Å²) < 4.78 is 0. The molecule has 1 aliphatic heterocycles. The largest absolute Gasteiger partial charge is 0.368 e. The summed E-state index contributed by atoms with van der Waals surface area (Å²) in [4.78, 5) is 13.8. The van der Waals surface area contributed by atoms with Crippen LogP contribution in [0.4, 0.5) is 5.69 Å². The monoisotopic (exact) mass is 359 g/mol. The van der Waals surface area contributed by atoms with Gasteiger partial charge in [0.2, 0.25) is 0 Å². The lowest BCUT2D eigenvalue weighted by Gasteiger charge is -2.37. The van der Waals surface area contributed by atoms with Crippen LogP contribution < -0.4 is 10.2 Å². The van der Waals surface area contributed by atoms with Crippen LogP contribution in [0.2, 0.25) is 0 Å². The molecule has 3 aromatic rings. The van der Waals surface area contributed by atoms with E-state index in [2.05, 4.69) is 85.8 Å². The van der Waals surface area contributed by atoms with E-state index in [1.54, 1.807) is 0 Å². The van der Waals surface area contributed by atoms with Gasteiger partial charge in [-0.25, -0.2) is 0 Å². The molecular formula is C22H25N5. The van der Waals surface area contributed by atoms with Gasteiger partial charge in [0.05, 0.1) is 12.2 Å². The van der Waals surface area contributed by atoms with Gasteiger partial charge in [0, 0.05) is 50.5 Å². The van der Waals surface area contributed by atoms with Gasteiger partial charge in [-0.15, -0.1) is 0 Å². The van der Waals surface area contributed by atoms with Crippen LogP contribution in [0.25, 0.3) is 10.8 Å². The lowest BCUT2D eigenvalue weighted by Crippen LogP contribution is -2.52. The molecule has 27 heavy (non-hydrogen) atoms. The molecule has 0 bridgehead atoms. The molecule has 1 N–H and O–H groups in total. The molecule has 0 aliphatic carbocycles. The molecule has 5 heteroatoms. The number of hydrogen-bond donors (Lipinski definition) is 1. The fourth-order valence-corrected chi connectivity index (χ4v) is 3.63. The number of guanidine groups is 1. The van der Waals surface area contributed by atoms with Crippen molar-refractivity contribution in [3.8, 4) is 0 Å². The molecule has 5 nitrogen and oxygen atoms in total. The third-order valence-electron chi connectivity index (χ3n) is 5.08. The highest BCUT2D eigenvalue weighted by Crippen LogP contribution is 2.17. The Morgan fingerprint density at radius 2 is 1.70 bits per heavy atom. The first-order chi connectivity index (χ1) is 13.3. The van der Waals surface area contributed by atoms with Crippen LogP contribution >= 0.6 is 0 Å². The maximum absolute atomic E-state index is 4.57. The highest BCUT2D eigenvalue weighted by molar-refractivity contribution is 5.85. The molecule has 1 aromatic heterocycles. The number of aliphatic imine (C=N–C) groups is 1. The maximum Gasteiger partial charge on any atom is 0.194 e. The normalized spacial score (nSPS) is 15.2. The summed E-state index contributed by atoms with van der Waals surface area (Å²) in [7, 11) is 1.85. The quantitative estimate of drug-likeness (QED) is 0.576. The topological polar surface area (TPSA) is 43.8 Å². The van der Waals surface area contributed by atoms with E-state index in [1.165, 1.54) is 16.5 Å². The zero-order valence-electron chi connectivity index (χ0n) is 15.7. The predicted molar refractivity (Wildman–Crippen MR) is 112 cm³/mol. The SMILES string of the molecule is CN=C(NCc1nccc2ccccc12)N1CCN(c2ccccc2)CC1. The molecule has 138 valence electrons. The average molecular weight is 359 g/mol. The number of fused-ring (bicyclic) bond motifs is 1. The van der Waals surface area contributed by atoms with E-state index < -0.39 is 0 Å². The minimum atomic E-state index is 0.674. The van der Waals surface area contributed by atoms with E-state index in [4.69, 9.17) is 0 Å². The molecule has 1 aliphatic rings. The fraction of sp³-hybridized carbons (Fsp3) is 0.273. The third kappa shape index (κ3) is 3.87. The van der Waals surface area contributed by atoms with Crippen LogP contribution in [0.1, 0.15) is 5.69 Å². The van der Waals surface area contributed by atoms with E-state index in [9.17, 15) is 0 Å². The Morgan fingerprint density at radius 1 is 0.963 bits per heavy atom. The van der Waals surface area contributed by atoms with E-state index in [-0.39, 0.29) is 0 Å². The molecule has 2 heterocycles.